The van der Waals surface area contributed by atoms with E-state index in [1.54, 1.807) is 0 Å². The minimum absolute atomic E-state index is 0.0253. The van der Waals surface area contributed by atoms with E-state index >= 15 is 0 Å². The number of carbonyl (C=O) groups is 1. The smallest absolute Gasteiger partial charge is 0.225 e. The van der Waals surface area contributed by atoms with Crippen molar-refractivity contribution in [1.82, 2.24) is 5.32 Å². The summed E-state index contributed by atoms with van der Waals surface area (Å²) in [5.41, 5.74) is 1.88. The van der Waals surface area contributed by atoms with Gasteiger partial charge in [0.15, 0.2) is 0 Å². The molecule has 2 rings (SSSR count). The second kappa shape index (κ2) is 7.68. The molecule has 0 aromatic heterocycles. The molecule has 2 N–H and O–H groups in total. The zero-order valence-corrected chi connectivity index (χ0v) is 11.4. The number of amides is 1. The Balaban J connectivity index is 1.95. The van der Waals surface area contributed by atoms with E-state index in [2.05, 4.69) is 17.2 Å². The number of ether oxygens (including phenoxy) is 1. The maximum atomic E-state index is 11.9. The molecule has 20 heavy (non-hydrogen) atoms. The Kier molecular flexibility index (Phi) is 5.60. The number of hydrogen-bond donors (Lipinski definition) is 2. The van der Waals surface area contributed by atoms with Crippen LogP contribution in [0.3, 0.4) is 0 Å². The minimum atomic E-state index is -0.0253. The first-order valence-corrected chi connectivity index (χ1v) is 6.84. The van der Waals surface area contributed by atoms with Gasteiger partial charge in [0, 0.05) is 25.1 Å². The van der Waals surface area contributed by atoms with Crippen LogP contribution in [0.15, 0.2) is 24.3 Å². The molecule has 1 heterocycles. The number of hydrogen-bond acceptors (Lipinski definition) is 3. The molecule has 1 aromatic carbocycles. The number of rotatable bonds is 4. The van der Waals surface area contributed by atoms with Crippen molar-refractivity contribution in [3.05, 3.63) is 35.4 Å². The Labute approximate surface area is 119 Å². The second-order valence-electron chi connectivity index (χ2n) is 4.71. The predicted octanol–water partition coefficient (Wildman–Crippen LogP) is 1.07. The van der Waals surface area contributed by atoms with E-state index in [1.165, 1.54) is 0 Å². The highest BCUT2D eigenvalue weighted by molar-refractivity contribution is 5.79. The zero-order valence-electron chi connectivity index (χ0n) is 11.4. The topological polar surface area (TPSA) is 58.6 Å². The molecule has 1 fully saturated rings. The van der Waals surface area contributed by atoms with E-state index < -0.39 is 0 Å². The largest absolute Gasteiger partial charge is 0.395 e. The molecule has 1 aromatic rings. The van der Waals surface area contributed by atoms with Gasteiger partial charge in [-0.1, -0.05) is 30.0 Å². The maximum absolute atomic E-state index is 11.9. The Morgan fingerprint density at radius 1 is 1.45 bits per heavy atom. The maximum Gasteiger partial charge on any atom is 0.225 e. The zero-order chi connectivity index (χ0) is 14.2. The Morgan fingerprint density at radius 2 is 2.30 bits per heavy atom. The van der Waals surface area contributed by atoms with Gasteiger partial charge in [-0.3, -0.25) is 4.79 Å². The van der Waals surface area contributed by atoms with Crippen LogP contribution in [0.25, 0.3) is 0 Å². The van der Waals surface area contributed by atoms with E-state index in [4.69, 9.17) is 9.84 Å². The van der Waals surface area contributed by atoms with Crippen molar-refractivity contribution in [3.8, 4) is 11.8 Å². The van der Waals surface area contributed by atoms with Crippen LogP contribution in [0, 0.1) is 17.8 Å². The Hall–Kier alpha value is -1.83. The molecule has 0 radical (unpaired) electrons. The molecule has 4 nitrogen and oxygen atoms in total. The van der Waals surface area contributed by atoms with Crippen molar-refractivity contribution in [2.75, 3.05) is 19.8 Å². The summed E-state index contributed by atoms with van der Waals surface area (Å²) in [7, 11) is 0. The molecule has 1 saturated heterocycles. The average Bonchev–Trinajstić information content (AvgIpc) is 3.00. The SMILES string of the molecule is O=C(NCc1ccccc1C#CCCO)C1CCOC1. The van der Waals surface area contributed by atoms with E-state index in [-0.39, 0.29) is 18.4 Å². The first-order chi connectivity index (χ1) is 9.81. The number of aliphatic hydroxyl groups is 1. The highest BCUT2D eigenvalue weighted by Crippen LogP contribution is 2.13. The molecule has 0 bridgehead atoms. The van der Waals surface area contributed by atoms with E-state index in [0.717, 1.165) is 17.5 Å². The van der Waals surface area contributed by atoms with Crippen molar-refractivity contribution in [1.29, 1.82) is 0 Å². The van der Waals surface area contributed by atoms with Crippen LogP contribution in [0.1, 0.15) is 24.0 Å². The van der Waals surface area contributed by atoms with Crippen LogP contribution < -0.4 is 5.32 Å². The third-order valence-electron chi connectivity index (χ3n) is 3.23. The molecule has 4 heteroatoms. The monoisotopic (exact) mass is 273 g/mol. The highest BCUT2D eigenvalue weighted by Gasteiger charge is 2.23. The van der Waals surface area contributed by atoms with E-state index in [0.29, 0.717) is 26.2 Å². The number of nitrogens with one attached hydrogen (secondary N) is 1. The number of carbonyl (C=O) groups excluding carboxylic acids is 1. The summed E-state index contributed by atoms with van der Waals surface area (Å²) in [6, 6.07) is 7.72. The molecule has 1 atom stereocenters. The molecule has 1 aliphatic rings. The number of benzene rings is 1. The van der Waals surface area contributed by atoms with E-state index in [9.17, 15) is 4.79 Å². The van der Waals surface area contributed by atoms with Crippen molar-refractivity contribution in [3.63, 3.8) is 0 Å². The van der Waals surface area contributed by atoms with Gasteiger partial charge in [-0.2, -0.15) is 0 Å². The van der Waals surface area contributed by atoms with Gasteiger partial charge in [-0.05, 0) is 18.1 Å². The molecule has 0 aliphatic carbocycles. The van der Waals surface area contributed by atoms with Crippen LogP contribution in [-0.4, -0.2) is 30.8 Å². The summed E-state index contributed by atoms with van der Waals surface area (Å²) < 4.78 is 5.21. The lowest BCUT2D eigenvalue weighted by molar-refractivity contribution is -0.125. The summed E-state index contributed by atoms with van der Waals surface area (Å²) in [4.78, 5) is 11.9. The third-order valence-corrected chi connectivity index (χ3v) is 3.23. The summed E-state index contributed by atoms with van der Waals surface area (Å²) in [6.07, 6.45) is 1.25. The lowest BCUT2D eigenvalue weighted by Gasteiger charge is -2.10. The van der Waals surface area contributed by atoms with Gasteiger partial charge >= 0.3 is 0 Å². The molecular weight excluding hydrogens is 254 g/mol. The van der Waals surface area contributed by atoms with Crippen molar-refractivity contribution in [2.24, 2.45) is 5.92 Å². The molecule has 1 unspecified atom stereocenters. The van der Waals surface area contributed by atoms with Gasteiger partial charge in [-0.25, -0.2) is 0 Å². The quantitative estimate of drug-likeness (QED) is 0.807. The molecule has 0 spiro atoms. The van der Waals surface area contributed by atoms with Gasteiger partial charge in [0.2, 0.25) is 5.91 Å². The molecule has 1 aliphatic heterocycles. The fourth-order valence-corrected chi connectivity index (χ4v) is 2.08. The van der Waals surface area contributed by atoms with Gasteiger partial charge in [-0.15, -0.1) is 0 Å². The minimum Gasteiger partial charge on any atom is -0.395 e. The fraction of sp³-hybridized carbons (Fsp3) is 0.438. The summed E-state index contributed by atoms with van der Waals surface area (Å²) in [6.45, 7) is 1.72. The molecule has 0 saturated carbocycles. The summed E-state index contributed by atoms with van der Waals surface area (Å²) >= 11 is 0. The Morgan fingerprint density at radius 3 is 3.05 bits per heavy atom. The standard InChI is InChI=1S/C16H19NO3/c18-9-4-3-6-13-5-1-2-7-14(13)11-17-16(19)15-8-10-20-12-15/h1-2,5,7,15,18H,4,8-12H2,(H,17,19). The predicted molar refractivity (Wildman–Crippen MR) is 75.8 cm³/mol. The van der Waals surface area contributed by atoms with Crippen LogP contribution in [0.2, 0.25) is 0 Å². The fourth-order valence-electron chi connectivity index (χ4n) is 2.08. The van der Waals surface area contributed by atoms with Gasteiger partial charge in [0.05, 0.1) is 19.1 Å². The first kappa shape index (κ1) is 14.6. The van der Waals surface area contributed by atoms with Crippen LogP contribution in [0.5, 0.6) is 0 Å². The van der Waals surface area contributed by atoms with Crippen LogP contribution >= 0.6 is 0 Å². The van der Waals surface area contributed by atoms with Crippen molar-refractivity contribution >= 4 is 5.91 Å². The first-order valence-electron chi connectivity index (χ1n) is 6.84. The summed E-state index contributed by atoms with van der Waals surface area (Å²) in [5.74, 6) is 5.94. The second-order valence-corrected chi connectivity index (χ2v) is 4.71. The van der Waals surface area contributed by atoms with Crippen molar-refractivity contribution < 1.29 is 14.6 Å². The molecular formula is C16H19NO3. The van der Waals surface area contributed by atoms with E-state index in [1.807, 2.05) is 24.3 Å². The third kappa shape index (κ3) is 4.09. The van der Waals surface area contributed by atoms with Crippen LogP contribution in [-0.2, 0) is 16.1 Å². The Bertz CT molecular complexity index is 510. The van der Waals surface area contributed by atoms with Gasteiger partial charge < -0.3 is 15.2 Å². The normalized spacial score (nSPS) is 17.4. The summed E-state index contributed by atoms with van der Waals surface area (Å²) in [5, 5.41) is 11.7. The lowest BCUT2D eigenvalue weighted by Crippen LogP contribution is -2.30. The average molecular weight is 273 g/mol. The van der Waals surface area contributed by atoms with Crippen molar-refractivity contribution in [2.45, 2.75) is 19.4 Å². The van der Waals surface area contributed by atoms with Gasteiger partial charge in [0.25, 0.3) is 0 Å². The number of aliphatic hydroxyl groups excluding tert-OH is 1. The van der Waals surface area contributed by atoms with Gasteiger partial charge in [0.1, 0.15) is 0 Å². The van der Waals surface area contributed by atoms with Crippen LogP contribution in [0.4, 0.5) is 0 Å². The highest BCUT2D eigenvalue weighted by atomic mass is 16.5. The lowest BCUT2D eigenvalue weighted by atomic mass is 10.1. The molecule has 106 valence electrons. The molecule has 1 amide bonds.